The van der Waals surface area contributed by atoms with Crippen LogP contribution in [0.5, 0.6) is 0 Å². The van der Waals surface area contributed by atoms with Gasteiger partial charge in [-0.25, -0.2) is 4.98 Å². The Balaban J connectivity index is 1.96. The highest BCUT2D eigenvalue weighted by Crippen LogP contribution is 2.33. The van der Waals surface area contributed by atoms with Gasteiger partial charge in [-0.15, -0.1) is 21.5 Å². The molecule has 0 aliphatic rings. The van der Waals surface area contributed by atoms with Crippen LogP contribution in [0.4, 0.5) is 18.3 Å². The third-order valence-electron chi connectivity index (χ3n) is 2.01. The summed E-state index contributed by atoms with van der Waals surface area (Å²) in [5.74, 6) is 0. The number of thiazole rings is 1. The molecule has 1 N–H and O–H groups in total. The molecule has 0 atom stereocenters. The van der Waals surface area contributed by atoms with Crippen molar-refractivity contribution >= 4 is 27.8 Å². The zero-order chi connectivity index (χ0) is 13.2. The number of aryl methyl sites for hydroxylation is 1. The molecule has 18 heavy (non-hydrogen) atoms. The molecule has 0 aliphatic heterocycles. The largest absolute Gasteiger partial charge is 0.445 e. The summed E-state index contributed by atoms with van der Waals surface area (Å²) in [5, 5.41) is 9.33. The van der Waals surface area contributed by atoms with Gasteiger partial charge in [0.25, 0.3) is 0 Å². The highest BCUT2D eigenvalue weighted by atomic mass is 32.1. The standard InChI is InChI=1S/C9H9F3N4S2/c1-2-5-3-13-6(17-5)4-14-8-16-15-7(18-8)9(10,11)12/h3H,2,4H2,1H3,(H,14,16). The molecule has 2 aromatic rings. The van der Waals surface area contributed by atoms with Crippen molar-refractivity contribution in [3.8, 4) is 0 Å². The summed E-state index contributed by atoms with van der Waals surface area (Å²) >= 11 is 2.02. The molecule has 0 spiro atoms. The first-order valence-corrected chi connectivity index (χ1v) is 6.70. The van der Waals surface area contributed by atoms with Gasteiger partial charge in [-0.1, -0.05) is 18.3 Å². The van der Waals surface area contributed by atoms with Gasteiger partial charge in [0.05, 0.1) is 6.54 Å². The lowest BCUT2D eigenvalue weighted by Gasteiger charge is -1.98. The number of halogens is 3. The Morgan fingerprint density at radius 1 is 1.28 bits per heavy atom. The number of hydrogen-bond donors (Lipinski definition) is 1. The molecule has 0 saturated heterocycles. The molecular formula is C9H9F3N4S2. The highest BCUT2D eigenvalue weighted by molar-refractivity contribution is 7.15. The summed E-state index contributed by atoms with van der Waals surface area (Å²) in [5.41, 5.74) is 0. The van der Waals surface area contributed by atoms with Crippen molar-refractivity contribution in [2.45, 2.75) is 26.1 Å². The van der Waals surface area contributed by atoms with E-state index in [2.05, 4.69) is 20.5 Å². The smallest absolute Gasteiger partial charge is 0.354 e. The summed E-state index contributed by atoms with van der Waals surface area (Å²) in [6.45, 7) is 2.38. The predicted octanol–water partition coefficient (Wildman–Crippen LogP) is 3.19. The van der Waals surface area contributed by atoms with E-state index in [4.69, 9.17) is 0 Å². The third-order valence-corrected chi connectivity index (χ3v) is 4.08. The van der Waals surface area contributed by atoms with E-state index in [0.29, 0.717) is 17.9 Å². The van der Waals surface area contributed by atoms with E-state index < -0.39 is 11.2 Å². The van der Waals surface area contributed by atoms with Crippen LogP contribution in [0.25, 0.3) is 0 Å². The van der Waals surface area contributed by atoms with Crippen molar-refractivity contribution in [3.63, 3.8) is 0 Å². The van der Waals surface area contributed by atoms with E-state index >= 15 is 0 Å². The summed E-state index contributed by atoms with van der Waals surface area (Å²) in [6.07, 6.45) is -1.77. The molecule has 0 fully saturated rings. The van der Waals surface area contributed by atoms with Crippen LogP contribution in [0.2, 0.25) is 0 Å². The normalized spacial score (nSPS) is 11.8. The lowest BCUT2D eigenvalue weighted by molar-refractivity contribution is -0.138. The first-order chi connectivity index (χ1) is 8.49. The second-order valence-corrected chi connectivity index (χ2v) is 5.51. The topological polar surface area (TPSA) is 50.7 Å². The van der Waals surface area contributed by atoms with Crippen molar-refractivity contribution in [3.05, 3.63) is 21.1 Å². The molecule has 2 rings (SSSR count). The molecule has 2 heterocycles. The van der Waals surface area contributed by atoms with Crippen molar-refractivity contribution in [1.82, 2.24) is 15.2 Å². The van der Waals surface area contributed by atoms with E-state index in [1.807, 2.05) is 6.92 Å². The minimum Gasteiger partial charge on any atom is -0.354 e. The van der Waals surface area contributed by atoms with Gasteiger partial charge in [0, 0.05) is 11.1 Å². The van der Waals surface area contributed by atoms with Gasteiger partial charge in [0.15, 0.2) is 0 Å². The maximum Gasteiger partial charge on any atom is 0.445 e. The maximum absolute atomic E-state index is 12.3. The van der Waals surface area contributed by atoms with Gasteiger partial charge in [-0.2, -0.15) is 13.2 Å². The monoisotopic (exact) mass is 294 g/mol. The fraction of sp³-hybridized carbons (Fsp3) is 0.444. The van der Waals surface area contributed by atoms with Gasteiger partial charge in [0.2, 0.25) is 10.1 Å². The number of anilines is 1. The average Bonchev–Trinajstić information content (AvgIpc) is 2.94. The molecule has 0 aliphatic carbocycles. The van der Waals surface area contributed by atoms with Gasteiger partial charge in [0.1, 0.15) is 5.01 Å². The Morgan fingerprint density at radius 3 is 2.61 bits per heavy atom. The lowest BCUT2D eigenvalue weighted by atomic mass is 10.4. The van der Waals surface area contributed by atoms with Gasteiger partial charge in [-0.05, 0) is 6.42 Å². The Bertz CT molecular complexity index is 520. The first-order valence-electron chi connectivity index (χ1n) is 5.07. The maximum atomic E-state index is 12.3. The number of hydrogen-bond acceptors (Lipinski definition) is 6. The Labute approximate surface area is 109 Å². The van der Waals surface area contributed by atoms with Gasteiger partial charge >= 0.3 is 6.18 Å². The van der Waals surface area contributed by atoms with Gasteiger partial charge in [-0.3, -0.25) is 0 Å². The number of alkyl halides is 3. The van der Waals surface area contributed by atoms with Crippen molar-refractivity contribution in [1.29, 1.82) is 0 Å². The molecule has 0 bridgehead atoms. The van der Waals surface area contributed by atoms with Crippen LogP contribution in [-0.2, 0) is 19.1 Å². The molecule has 0 saturated carbocycles. The third kappa shape index (κ3) is 3.16. The van der Waals surface area contributed by atoms with Crippen LogP contribution in [0.15, 0.2) is 6.20 Å². The van der Waals surface area contributed by atoms with Crippen LogP contribution in [0.1, 0.15) is 21.8 Å². The van der Waals surface area contributed by atoms with Crippen LogP contribution in [0.3, 0.4) is 0 Å². The minimum atomic E-state index is -4.44. The minimum absolute atomic E-state index is 0.149. The van der Waals surface area contributed by atoms with Crippen molar-refractivity contribution in [2.24, 2.45) is 0 Å². The fourth-order valence-electron chi connectivity index (χ4n) is 1.15. The first kappa shape index (κ1) is 13.2. The quantitative estimate of drug-likeness (QED) is 0.941. The molecule has 2 aromatic heterocycles. The molecule has 0 unspecified atom stereocenters. The van der Waals surface area contributed by atoms with E-state index in [0.717, 1.165) is 16.3 Å². The predicted molar refractivity (Wildman–Crippen MR) is 63.7 cm³/mol. The summed E-state index contributed by atoms with van der Waals surface area (Å²) in [4.78, 5) is 5.29. The fourth-order valence-corrected chi connectivity index (χ4v) is 2.56. The zero-order valence-electron chi connectivity index (χ0n) is 9.28. The molecule has 0 aromatic carbocycles. The van der Waals surface area contributed by atoms with Crippen LogP contribution < -0.4 is 5.32 Å². The van der Waals surface area contributed by atoms with Crippen molar-refractivity contribution < 1.29 is 13.2 Å². The second kappa shape index (κ2) is 5.19. The summed E-state index contributed by atoms with van der Waals surface area (Å²) in [6, 6.07) is 0. The number of aromatic nitrogens is 3. The lowest BCUT2D eigenvalue weighted by Crippen LogP contribution is -2.03. The van der Waals surface area contributed by atoms with Crippen molar-refractivity contribution in [2.75, 3.05) is 5.32 Å². The molecular weight excluding hydrogens is 285 g/mol. The molecule has 0 amide bonds. The van der Waals surface area contributed by atoms with Gasteiger partial charge < -0.3 is 5.32 Å². The molecule has 4 nitrogen and oxygen atoms in total. The number of rotatable bonds is 4. The molecule has 9 heteroatoms. The Kier molecular flexibility index (Phi) is 3.81. The number of nitrogens with zero attached hydrogens (tertiary/aromatic N) is 3. The van der Waals surface area contributed by atoms with Crippen LogP contribution in [-0.4, -0.2) is 15.2 Å². The summed E-state index contributed by atoms with van der Waals surface area (Å²) in [7, 11) is 0. The number of nitrogens with one attached hydrogen (secondary N) is 1. The van der Waals surface area contributed by atoms with E-state index in [9.17, 15) is 13.2 Å². The Morgan fingerprint density at radius 2 is 2.06 bits per heavy atom. The second-order valence-electron chi connectivity index (χ2n) is 3.34. The van der Waals surface area contributed by atoms with E-state index in [-0.39, 0.29) is 5.13 Å². The SMILES string of the molecule is CCc1cnc(CNc2nnc(C(F)(F)F)s2)s1. The zero-order valence-corrected chi connectivity index (χ0v) is 10.9. The summed E-state index contributed by atoms with van der Waals surface area (Å²) < 4.78 is 36.9. The Hall–Kier alpha value is -1.22. The average molecular weight is 294 g/mol. The van der Waals surface area contributed by atoms with E-state index in [1.165, 1.54) is 11.3 Å². The molecule has 0 radical (unpaired) electrons. The van der Waals surface area contributed by atoms with E-state index in [1.54, 1.807) is 6.20 Å². The molecule has 98 valence electrons. The van der Waals surface area contributed by atoms with Crippen LogP contribution >= 0.6 is 22.7 Å². The highest BCUT2D eigenvalue weighted by Gasteiger charge is 2.35. The van der Waals surface area contributed by atoms with Crippen LogP contribution in [0, 0.1) is 0 Å².